The zero-order valence-electron chi connectivity index (χ0n) is 12.3. The molecule has 6 nitrogen and oxygen atoms in total. The van der Waals surface area contributed by atoms with Crippen molar-refractivity contribution in [3.8, 4) is 11.5 Å². The van der Waals surface area contributed by atoms with Crippen molar-refractivity contribution in [1.29, 1.82) is 0 Å². The molecule has 1 aliphatic rings. The third kappa shape index (κ3) is 3.64. The monoisotopic (exact) mass is 294 g/mol. The zero-order chi connectivity index (χ0) is 15.2. The predicted molar refractivity (Wildman–Crippen MR) is 79.6 cm³/mol. The van der Waals surface area contributed by atoms with E-state index in [1.54, 1.807) is 25.1 Å². The van der Waals surface area contributed by atoms with Crippen molar-refractivity contribution < 1.29 is 14.4 Å². The molecule has 0 saturated heterocycles. The molecule has 0 heterocycles. The summed E-state index contributed by atoms with van der Waals surface area (Å²) >= 11 is 0. The van der Waals surface area contributed by atoms with Crippen molar-refractivity contribution in [1.82, 2.24) is 0 Å². The molecule has 21 heavy (non-hydrogen) atoms. The Morgan fingerprint density at radius 2 is 1.95 bits per heavy atom. The molecular weight excluding hydrogens is 272 g/mol. The third-order valence-electron chi connectivity index (χ3n) is 4.02. The normalized spacial score (nSPS) is 21.2. The van der Waals surface area contributed by atoms with Crippen LogP contribution in [0, 0.1) is 22.0 Å². The highest BCUT2D eigenvalue weighted by Gasteiger charge is 2.28. The molecule has 1 fully saturated rings. The van der Waals surface area contributed by atoms with E-state index in [4.69, 9.17) is 15.2 Å². The van der Waals surface area contributed by atoms with Crippen molar-refractivity contribution in [2.24, 2.45) is 17.6 Å². The van der Waals surface area contributed by atoms with Crippen molar-refractivity contribution >= 4 is 5.69 Å². The van der Waals surface area contributed by atoms with Crippen molar-refractivity contribution in [3.63, 3.8) is 0 Å². The lowest BCUT2D eigenvalue weighted by molar-refractivity contribution is -0.386. The second kappa shape index (κ2) is 7.26. The molecule has 1 aromatic rings. The summed E-state index contributed by atoms with van der Waals surface area (Å²) in [7, 11) is 0. The van der Waals surface area contributed by atoms with Gasteiger partial charge in [0.25, 0.3) is 0 Å². The molecule has 6 heteroatoms. The lowest BCUT2D eigenvalue weighted by atomic mass is 9.97. The van der Waals surface area contributed by atoms with Gasteiger partial charge in [-0.1, -0.05) is 12.5 Å². The van der Waals surface area contributed by atoms with Gasteiger partial charge in [0.15, 0.2) is 0 Å². The van der Waals surface area contributed by atoms with E-state index in [9.17, 15) is 10.1 Å². The SMILES string of the molecule is CCOc1cccc(OCC2CCCC2CN)c1[N+](=O)[O-]. The van der Waals surface area contributed by atoms with Crippen LogP contribution in [0.3, 0.4) is 0 Å². The Kier molecular flexibility index (Phi) is 5.38. The van der Waals surface area contributed by atoms with Gasteiger partial charge in [0.05, 0.1) is 18.1 Å². The summed E-state index contributed by atoms with van der Waals surface area (Å²) in [5, 5.41) is 11.3. The molecule has 0 amide bonds. The number of hydrogen-bond acceptors (Lipinski definition) is 5. The zero-order valence-corrected chi connectivity index (χ0v) is 12.3. The summed E-state index contributed by atoms with van der Waals surface area (Å²) in [6.45, 7) is 3.29. The Morgan fingerprint density at radius 3 is 2.57 bits per heavy atom. The fourth-order valence-electron chi connectivity index (χ4n) is 2.91. The minimum absolute atomic E-state index is 0.0957. The van der Waals surface area contributed by atoms with E-state index >= 15 is 0 Å². The molecule has 2 unspecified atom stereocenters. The van der Waals surface area contributed by atoms with Crippen LogP contribution >= 0.6 is 0 Å². The van der Waals surface area contributed by atoms with Gasteiger partial charge in [0.2, 0.25) is 11.5 Å². The first-order valence-electron chi connectivity index (χ1n) is 7.40. The number of nitrogens with two attached hydrogens (primary N) is 1. The second-order valence-electron chi connectivity index (χ2n) is 5.29. The Hall–Kier alpha value is -1.82. The first kappa shape index (κ1) is 15.6. The Bertz CT molecular complexity index is 493. The average molecular weight is 294 g/mol. The number of benzene rings is 1. The van der Waals surface area contributed by atoms with Crippen LogP contribution in [0.1, 0.15) is 26.2 Å². The van der Waals surface area contributed by atoms with Gasteiger partial charge < -0.3 is 15.2 Å². The van der Waals surface area contributed by atoms with Crippen molar-refractivity contribution in [3.05, 3.63) is 28.3 Å². The van der Waals surface area contributed by atoms with Gasteiger partial charge in [-0.3, -0.25) is 10.1 Å². The van der Waals surface area contributed by atoms with Gasteiger partial charge in [-0.15, -0.1) is 0 Å². The largest absolute Gasteiger partial charge is 0.487 e. The van der Waals surface area contributed by atoms with Gasteiger partial charge in [-0.2, -0.15) is 0 Å². The molecule has 1 saturated carbocycles. The van der Waals surface area contributed by atoms with E-state index in [2.05, 4.69) is 0 Å². The van der Waals surface area contributed by atoms with Gasteiger partial charge >= 0.3 is 5.69 Å². The standard InChI is InChI=1S/C15H22N2O4/c1-2-20-13-7-4-8-14(15(13)17(18)19)21-10-12-6-3-5-11(12)9-16/h4,7-8,11-12H,2-3,5-6,9-10,16H2,1H3. The predicted octanol–water partition coefficient (Wildman–Crippen LogP) is 2.75. The van der Waals surface area contributed by atoms with E-state index < -0.39 is 4.92 Å². The van der Waals surface area contributed by atoms with Crippen LogP contribution in [0.25, 0.3) is 0 Å². The van der Waals surface area contributed by atoms with Gasteiger partial charge in [0, 0.05) is 0 Å². The summed E-state index contributed by atoms with van der Waals surface area (Å²) in [5.41, 5.74) is 5.66. The highest BCUT2D eigenvalue weighted by molar-refractivity contribution is 5.57. The minimum atomic E-state index is -0.449. The fraction of sp³-hybridized carbons (Fsp3) is 0.600. The third-order valence-corrected chi connectivity index (χ3v) is 4.02. The Balaban J connectivity index is 2.12. The summed E-state index contributed by atoms with van der Waals surface area (Å²) in [5.74, 6) is 1.36. The van der Waals surface area contributed by atoms with E-state index in [1.165, 1.54) is 0 Å². The molecule has 2 rings (SSSR count). The first-order chi connectivity index (χ1) is 10.2. The van der Waals surface area contributed by atoms with Crippen LogP contribution in [-0.4, -0.2) is 24.7 Å². The van der Waals surface area contributed by atoms with E-state index in [1.807, 2.05) is 0 Å². The molecule has 0 spiro atoms. The summed E-state index contributed by atoms with van der Waals surface area (Å²) in [6, 6.07) is 4.92. The average Bonchev–Trinajstić information content (AvgIpc) is 2.92. The van der Waals surface area contributed by atoms with Gasteiger partial charge in [0.1, 0.15) is 0 Å². The topological polar surface area (TPSA) is 87.6 Å². The molecule has 1 aliphatic carbocycles. The number of hydrogen-bond donors (Lipinski definition) is 1. The maximum Gasteiger partial charge on any atom is 0.352 e. The quantitative estimate of drug-likeness (QED) is 0.617. The minimum Gasteiger partial charge on any atom is -0.487 e. The van der Waals surface area contributed by atoms with Crippen LogP contribution in [-0.2, 0) is 0 Å². The maximum atomic E-state index is 11.3. The number of nitro benzene ring substituents is 1. The Morgan fingerprint density at radius 1 is 1.29 bits per heavy atom. The summed E-state index contributed by atoms with van der Waals surface area (Å²) < 4.78 is 11.0. The molecule has 2 atom stereocenters. The molecule has 1 aromatic carbocycles. The summed E-state index contributed by atoms with van der Waals surface area (Å²) in [4.78, 5) is 10.8. The number of rotatable bonds is 7. The summed E-state index contributed by atoms with van der Waals surface area (Å²) in [6.07, 6.45) is 3.34. The van der Waals surface area contributed by atoms with Crippen LogP contribution in [0.4, 0.5) is 5.69 Å². The van der Waals surface area contributed by atoms with Crippen LogP contribution in [0.2, 0.25) is 0 Å². The van der Waals surface area contributed by atoms with Crippen molar-refractivity contribution in [2.75, 3.05) is 19.8 Å². The molecule has 0 radical (unpaired) electrons. The molecule has 0 aromatic heterocycles. The number of nitro groups is 1. The Labute approximate surface area is 124 Å². The molecule has 2 N–H and O–H groups in total. The fourth-order valence-corrected chi connectivity index (χ4v) is 2.91. The first-order valence-corrected chi connectivity index (χ1v) is 7.40. The number of nitrogens with zero attached hydrogens (tertiary/aromatic N) is 1. The van der Waals surface area contributed by atoms with E-state index in [0.29, 0.717) is 31.6 Å². The maximum absolute atomic E-state index is 11.3. The number of ether oxygens (including phenoxy) is 2. The van der Waals surface area contributed by atoms with Crippen LogP contribution in [0.5, 0.6) is 11.5 Å². The molecular formula is C15H22N2O4. The number of para-hydroxylation sites is 1. The molecule has 116 valence electrons. The smallest absolute Gasteiger partial charge is 0.352 e. The van der Waals surface area contributed by atoms with Gasteiger partial charge in [-0.25, -0.2) is 0 Å². The van der Waals surface area contributed by atoms with Crippen LogP contribution in [0.15, 0.2) is 18.2 Å². The highest BCUT2D eigenvalue weighted by Crippen LogP contribution is 2.38. The molecule has 0 bridgehead atoms. The second-order valence-corrected chi connectivity index (χ2v) is 5.29. The van der Waals surface area contributed by atoms with Crippen LogP contribution < -0.4 is 15.2 Å². The van der Waals surface area contributed by atoms with E-state index in [0.717, 1.165) is 19.3 Å². The molecule has 0 aliphatic heterocycles. The lowest BCUT2D eigenvalue weighted by Gasteiger charge is -2.18. The van der Waals surface area contributed by atoms with Crippen molar-refractivity contribution in [2.45, 2.75) is 26.2 Å². The lowest BCUT2D eigenvalue weighted by Crippen LogP contribution is -2.23. The van der Waals surface area contributed by atoms with Gasteiger partial charge in [-0.05, 0) is 50.3 Å². The highest BCUT2D eigenvalue weighted by atomic mass is 16.6. The van der Waals surface area contributed by atoms with E-state index in [-0.39, 0.29) is 17.2 Å².